The molecule has 4 aromatic rings. The van der Waals surface area contributed by atoms with Gasteiger partial charge in [0.1, 0.15) is 11.6 Å². The normalized spacial score (nSPS) is 11.6. The van der Waals surface area contributed by atoms with Gasteiger partial charge in [-0.15, -0.1) is 0 Å². The Bertz CT molecular complexity index is 1450. The number of carbonyl (C=O) groups is 1. The molecule has 8 nitrogen and oxygen atoms in total. The first-order valence-electron chi connectivity index (χ1n) is 11.5. The Balaban J connectivity index is 1.63. The number of nitrogens with one attached hydrogen (secondary N) is 1. The molecule has 0 aliphatic carbocycles. The van der Waals surface area contributed by atoms with E-state index < -0.39 is 28.3 Å². The number of carbonyl (C=O) groups excluding carboxylic acids is 1. The third kappa shape index (κ3) is 6.29. The molecule has 0 spiro atoms. The zero-order valence-electron chi connectivity index (χ0n) is 20.5. The highest BCUT2D eigenvalue weighted by atomic mass is 32.2. The minimum Gasteiger partial charge on any atom is -0.383 e. The van der Waals surface area contributed by atoms with E-state index >= 15 is 0 Å². The number of hydrogen-bond acceptors (Lipinski definition) is 5. The first-order valence-corrected chi connectivity index (χ1v) is 13.0. The fourth-order valence-electron chi connectivity index (χ4n) is 3.68. The molecule has 0 bridgehead atoms. The van der Waals surface area contributed by atoms with E-state index in [1.807, 2.05) is 61.5 Å². The zero-order valence-corrected chi connectivity index (χ0v) is 21.3. The minimum absolute atomic E-state index is 0.0594. The van der Waals surface area contributed by atoms with E-state index in [0.29, 0.717) is 11.5 Å². The molecule has 4 rings (SSSR count). The van der Waals surface area contributed by atoms with Crippen LogP contribution in [0.25, 0.3) is 16.9 Å². The number of rotatable bonds is 10. The lowest BCUT2D eigenvalue weighted by Crippen LogP contribution is -2.40. The average Bonchev–Trinajstić information content (AvgIpc) is 3.31. The van der Waals surface area contributed by atoms with Gasteiger partial charge in [0.15, 0.2) is 0 Å². The van der Waals surface area contributed by atoms with Crippen LogP contribution in [0.5, 0.6) is 0 Å². The molecule has 1 heterocycles. The Morgan fingerprint density at radius 2 is 1.70 bits per heavy atom. The molecule has 0 saturated carbocycles. The number of ether oxygens (including phenoxy) is 1. The van der Waals surface area contributed by atoms with Gasteiger partial charge >= 0.3 is 0 Å². The molecule has 3 aromatic carbocycles. The Kier molecular flexibility index (Phi) is 8.12. The van der Waals surface area contributed by atoms with Gasteiger partial charge in [-0.3, -0.25) is 4.79 Å². The van der Waals surface area contributed by atoms with Gasteiger partial charge < -0.3 is 10.1 Å². The predicted molar refractivity (Wildman–Crippen MR) is 139 cm³/mol. The molecule has 192 valence electrons. The number of aryl methyl sites for hydroxylation is 1. The van der Waals surface area contributed by atoms with Crippen molar-refractivity contribution < 1.29 is 22.3 Å². The summed E-state index contributed by atoms with van der Waals surface area (Å²) in [7, 11) is -2.64. The summed E-state index contributed by atoms with van der Waals surface area (Å²) in [6, 6.07) is 23.4. The molecule has 0 aliphatic rings. The van der Waals surface area contributed by atoms with Gasteiger partial charge in [0.05, 0.1) is 29.4 Å². The van der Waals surface area contributed by atoms with Crippen molar-refractivity contribution in [1.82, 2.24) is 14.1 Å². The maximum atomic E-state index is 13.4. The van der Waals surface area contributed by atoms with Crippen LogP contribution >= 0.6 is 0 Å². The Labute approximate surface area is 215 Å². The Hall–Kier alpha value is -3.86. The highest BCUT2D eigenvalue weighted by molar-refractivity contribution is 7.89. The van der Waals surface area contributed by atoms with Gasteiger partial charge in [0, 0.05) is 25.3 Å². The lowest BCUT2D eigenvalue weighted by molar-refractivity contribution is -0.116. The average molecular weight is 523 g/mol. The molecule has 0 unspecified atom stereocenters. The van der Waals surface area contributed by atoms with Crippen molar-refractivity contribution >= 4 is 21.7 Å². The van der Waals surface area contributed by atoms with Crippen molar-refractivity contribution in [2.24, 2.45) is 0 Å². The smallest absolute Gasteiger partial charge is 0.243 e. The number of aromatic nitrogens is 2. The fourth-order valence-corrected chi connectivity index (χ4v) is 5.06. The van der Waals surface area contributed by atoms with Crippen LogP contribution in [0.1, 0.15) is 5.56 Å². The molecule has 1 aromatic heterocycles. The monoisotopic (exact) mass is 522 g/mol. The molecule has 0 atom stereocenters. The number of halogens is 1. The molecule has 1 N–H and O–H groups in total. The van der Waals surface area contributed by atoms with Gasteiger partial charge in [-0.1, -0.05) is 48.0 Å². The molecule has 0 saturated heterocycles. The van der Waals surface area contributed by atoms with Crippen molar-refractivity contribution in [2.45, 2.75) is 11.8 Å². The van der Waals surface area contributed by atoms with Crippen LogP contribution in [0.15, 0.2) is 89.8 Å². The summed E-state index contributed by atoms with van der Waals surface area (Å²) in [5.41, 5.74) is 3.32. The maximum Gasteiger partial charge on any atom is 0.243 e. The van der Waals surface area contributed by atoms with E-state index in [9.17, 15) is 17.6 Å². The summed E-state index contributed by atoms with van der Waals surface area (Å²) in [5, 5.41) is 7.49. The number of sulfonamides is 1. The molecule has 1 amide bonds. The summed E-state index contributed by atoms with van der Waals surface area (Å²) in [6.07, 6.45) is 0. The Morgan fingerprint density at radius 1 is 1.03 bits per heavy atom. The first-order chi connectivity index (χ1) is 17.8. The summed E-state index contributed by atoms with van der Waals surface area (Å²) in [5.74, 6) is -0.730. The van der Waals surface area contributed by atoms with Crippen molar-refractivity contribution in [2.75, 3.05) is 32.1 Å². The summed E-state index contributed by atoms with van der Waals surface area (Å²) < 4.78 is 47.4. The summed E-state index contributed by atoms with van der Waals surface area (Å²) >= 11 is 0. The van der Waals surface area contributed by atoms with Crippen LogP contribution in [0, 0.1) is 12.7 Å². The molecular weight excluding hydrogens is 495 g/mol. The molecule has 0 fully saturated rings. The van der Waals surface area contributed by atoms with Crippen LogP contribution < -0.4 is 5.32 Å². The molecular formula is C27H27FN4O4S. The van der Waals surface area contributed by atoms with Gasteiger partial charge in [-0.2, -0.15) is 9.40 Å². The number of benzene rings is 3. The van der Waals surface area contributed by atoms with Gasteiger partial charge in [0.2, 0.25) is 15.9 Å². The number of amides is 1. The second kappa shape index (κ2) is 11.5. The van der Waals surface area contributed by atoms with E-state index in [4.69, 9.17) is 4.74 Å². The number of methoxy groups -OCH3 is 1. The van der Waals surface area contributed by atoms with Crippen molar-refractivity contribution in [3.8, 4) is 16.9 Å². The SMILES string of the molecule is COCCN(CC(=O)Nc1cc(-c2ccccc2)nn1-c1ccc(C)cc1)S(=O)(=O)c1ccc(F)cc1. The van der Waals surface area contributed by atoms with Gasteiger partial charge in [-0.25, -0.2) is 17.5 Å². The largest absolute Gasteiger partial charge is 0.383 e. The topological polar surface area (TPSA) is 93.5 Å². The Morgan fingerprint density at radius 3 is 2.35 bits per heavy atom. The van der Waals surface area contributed by atoms with Crippen LogP contribution in [-0.2, 0) is 19.6 Å². The van der Waals surface area contributed by atoms with Crippen LogP contribution in [0.3, 0.4) is 0 Å². The molecule has 10 heteroatoms. The van der Waals surface area contributed by atoms with E-state index in [1.54, 1.807) is 10.7 Å². The second-order valence-corrected chi connectivity index (χ2v) is 10.3. The lowest BCUT2D eigenvalue weighted by Gasteiger charge is -2.21. The van der Waals surface area contributed by atoms with Gasteiger partial charge in [-0.05, 0) is 43.3 Å². The van der Waals surface area contributed by atoms with Crippen molar-refractivity contribution in [3.05, 3.63) is 96.3 Å². The van der Waals surface area contributed by atoms with Crippen molar-refractivity contribution in [1.29, 1.82) is 0 Å². The minimum atomic E-state index is -4.08. The highest BCUT2D eigenvalue weighted by Crippen LogP contribution is 2.25. The fraction of sp³-hybridized carbons (Fsp3) is 0.185. The van der Waals surface area contributed by atoms with Crippen LogP contribution in [0.2, 0.25) is 0 Å². The van der Waals surface area contributed by atoms with E-state index in [-0.39, 0.29) is 18.0 Å². The highest BCUT2D eigenvalue weighted by Gasteiger charge is 2.27. The maximum absolute atomic E-state index is 13.4. The number of nitrogens with zero attached hydrogens (tertiary/aromatic N) is 3. The first kappa shape index (κ1) is 26.2. The van der Waals surface area contributed by atoms with Gasteiger partial charge in [0.25, 0.3) is 0 Å². The summed E-state index contributed by atoms with van der Waals surface area (Å²) in [6.45, 7) is 1.52. The lowest BCUT2D eigenvalue weighted by atomic mass is 10.1. The van der Waals surface area contributed by atoms with E-state index in [2.05, 4.69) is 10.4 Å². The van der Waals surface area contributed by atoms with Crippen LogP contribution in [0.4, 0.5) is 10.2 Å². The standard InChI is InChI=1S/C27H27FN4O4S/c1-20-8-12-23(13-9-20)32-26(18-25(30-32)21-6-4-3-5-7-21)29-27(33)19-31(16-17-36-2)37(34,35)24-14-10-22(28)11-15-24/h3-15,18H,16-17,19H2,1-2H3,(H,29,33). The quantitative estimate of drug-likeness (QED) is 0.336. The predicted octanol–water partition coefficient (Wildman–Crippen LogP) is 4.26. The van der Waals surface area contributed by atoms with E-state index in [0.717, 1.165) is 33.3 Å². The number of anilines is 1. The third-order valence-corrected chi connectivity index (χ3v) is 7.50. The van der Waals surface area contributed by atoms with Crippen molar-refractivity contribution in [3.63, 3.8) is 0 Å². The van der Waals surface area contributed by atoms with Crippen LogP contribution in [-0.4, -0.2) is 55.2 Å². The summed E-state index contributed by atoms with van der Waals surface area (Å²) in [4.78, 5) is 13.0. The molecule has 0 aliphatic heterocycles. The third-order valence-electron chi connectivity index (χ3n) is 5.64. The zero-order chi connectivity index (χ0) is 26.4. The number of hydrogen-bond donors (Lipinski definition) is 1. The second-order valence-electron chi connectivity index (χ2n) is 8.36. The molecule has 0 radical (unpaired) electrons. The van der Waals surface area contributed by atoms with E-state index in [1.165, 1.54) is 19.2 Å². The molecule has 37 heavy (non-hydrogen) atoms.